The fourth-order valence-corrected chi connectivity index (χ4v) is 3.60. The van der Waals surface area contributed by atoms with Crippen molar-refractivity contribution in [3.63, 3.8) is 0 Å². The van der Waals surface area contributed by atoms with E-state index in [0.717, 1.165) is 29.3 Å². The van der Waals surface area contributed by atoms with E-state index in [0.29, 0.717) is 25.9 Å². The standard InChI is InChI=1S/C15H24N2O3S/c1-3-15(4-2,14(18)19)10-16-8-11-9-17-13(21-11)12-6-5-7-20-12/h9,12,16H,3-8,10H2,1-2H3,(H,18,19). The van der Waals surface area contributed by atoms with E-state index in [1.807, 2.05) is 20.0 Å². The van der Waals surface area contributed by atoms with Gasteiger partial charge in [0.25, 0.3) is 0 Å². The fourth-order valence-electron chi connectivity index (χ4n) is 2.63. The van der Waals surface area contributed by atoms with E-state index in [1.54, 1.807) is 11.3 Å². The molecule has 1 aliphatic heterocycles. The quantitative estimate of drug-likeness (QED) is 0.772. The molecule has 1 unspecified atom stereocenters. The Kier molecular flexibility index (Phi) is 5.72. The molecule has 1 atom stereocenters. The molecule has 6 heteroatoms. The first-order chi connectivity index (χ1) is 10.1. The fraction of sp³-hybridized carbons (Fsp3) is 0.733. The molecule has 0 amide bonds. The molecule has 2 heterocycles. The van der Waals surface area contributed by atoms with Crippen LogP contribution in [0.2, 0.25) is 0 Å². The molecule has 0 spiro atoms. The van der Waals surface area contributed by atoms with Gasteiger partial charge in [-0.1, -0.05) is 13.8 Å². The molecule has 0 radical (unpaired) electrons. The number of aliphatic carboxylic acids is 1. The second-order valence-electron chi connectivity index (χ2n) is 5.56. The van der Waals surface area contributed by atoms with Crippen LogP contribution in [0.15, 0.2) is 6.20 Å². The number of carboxylic acids is 1. The molecule has 1 aliphatic rings. The molecule has 1 saturated heterocycles. The Morgan fingerprint density at radius 1 is 1.57 bits per heavy atom. The van der Waals surface area contributed by atoms with Crippen molar-refractivity contribution in [1.29, 1.82) is 0 Å². The number of carboxylic acid groups (broad SMARTS) is 1. The van der Waals surface area contributed by atoms with Gasteiger partial charge in [-0.3, -0.25) is 4.79 Å². The van der Waals surface area contributed by atoms with Gasteiger partial charge >= 0.3 is 5.97 Å². The highest BCUT2D eigenvalue weighted by Crippen LogP contribution is 2.31. The lowest BCUT2D eigenvalue weighted by Gasteiger charge is -2.26. The maximum Gasteiger partial charge on any atom is 0.310 e. The minimum absolute atomic E-state index is 0.160. The van der Waals surface area contributed by atoms with Crippen molar-refractivity contribution in [1.82, 2.24) is 10.3 Å². The predicted octanol–water partition coefficient (Wildman–Crippen LogP) is 2.98. The molecule has 0 aliphatic carbocycles. The summed E-state index contributed by atoms with van der Waals surface area (Å²) in [7, 11) is 0. The van der Waals surface area contributed by atoms with E-state index in [2.05, 4.69) is 10.3 Å². The number of rotatable bonds is 8. The molecule has 2 rings (SSSR count). The van der Waals surface area contributed by atoms with Crippen molar-refractivity contribution in [3.05, 3.63) is 16.1 Å². The maximum absolute atomic E-state index is 11.4. The van der Waals surface area contributed by atoms with Gasteiger partial charge in [-0.2, -0.15) is 0 Å². The number of thiazole rings is 1. The topological polar surface area (TPSA) is 71.5 Å². The van der Waals surface area contributed by atoms with E-state index in [4.69, 9.17) is 4.74 Å². The molecule has 2 N–H and O–H groups in total. The van der Waals surface area contributed by atoms with Gasteiger partial charge in [-0.25, -0.2) is 4.98 Å². The highest BCUT2D eigenvalue weighted by atomic mass is 32.1. The normalized spacial score (nSPS) is 19.0. The van der Waals surface area contributed by atoms with Crippen molar-refractivity contribution in [2.75, 3.05) is 13.2 Å². The van der Waals surface area contributed by atoms with Gasteiger partial charge in [0.05, 0.1) is 5.41 Å². The van der Waals surface area contributed by atoms with Crippen LogP contribution >= 0.6 is 11.3 Å². The zero-order valence-electron chi connectivity index (χ0n) is 12.7. The number of hydrogen-bond acceptors (Lipinski definition) is 5. The van der Waals surface area contributed by atoms with Gasteiger partial charge in [0.2, 0.25) is 0 Å². The van der Waals surface area contributed by atoms with Gasteiger partial charge in [0, 0.05) is 30.8 Å². The molecule has 1 fully saturated rings. The summed E-state index contributed by atoms with van der Waals surface area (Å²) in [6, 6.07) is 0. The second-order valence-corrected chi connectivity index (χ2v) is 6.71. The van der Waals surface area contributed by atoms with Gasteiger partial charge in [0.1, 0.15) is 11.1 Å². The highest BCUT2D eigenvalue weighted by molar-refractivity contribution is 7.11. The van der Waals surface area contributed by atoms with Crippen LogP contribution < -0.4 is 5.32 Å². The Bertz CT molecular complexity index is 465. The summed E-state index contributed by atoms with van der Waals surface area (Å²) in [6.45, 7) is 5.84. The van der Waals surface area contributed by atoms with Crippen LogP contribution in [-0.2, 0) is 16.1 Å². The van der Waals surface area contributed by atoms with Crippen LogP contribution in [-0.4, -0.2) is 29.2 Å². The smallest absolute Gasteiger partial charge is 0.310 e. The summed E-state index contributed by atoms with van der Waals surface area (Å²) < 4.78 is 5.63. The zero-order valence-corrected chi connectivity index (χ0v) is 13.5. The minimum Gasteiger partial charge on any atom is -0.481 e. The van der Waals surface area contributed by atoms with Crippen LogP contribution in [0.3, 0.4) is 0 Å². The third-order valence-corrected chi connectivity index (χ3v) is 5.44. The number of carbonyl (C=O) groups is 1. The van der Waals surface area contributed by atoms with Crippen LogP contribution in [0.5, 0.6) is 0 Å². The summed E-state index contributed by atoms with van der Waals surface area (Å²) in [4.78, 5) is 17.0. The monoisotopic (exact) mass is 312 g/mol. The molecule has 118 valence electrons. The Hall–Kier alpha value is -0.980. The predicted molar refractivity (Wildman–Crippen MR) is 82.4 cm³/mol. The number of aromatic nitrogens is 1. The van der Waals surface area contributed by atoms with E-state index < -0.39 is 11.4 Å². The lowest BCUT2D eigenvalue weighted by atomic mass is 9.82. The molecule has 0 bridgehead atoms. The van der Waals surface area contributed by atoms with Gasteiger partial charge < -0.3 is 15.2 Å². The summed E-state index contributed by atoms with van der Waals surface area (Å²) in [5.41, 5.74) is -0.665. The lowest BCUT2D eigenvalue weighted by Crippen LogP contribution is -2.39. The lowest BCUT2D eigenvalue weighted by molar-refractivity contribution is -0.149. The first kappa shape index (κ1) is 16.4. The molecule has 21 heavy (non-hydrogen) atoms. The average molecular weight is 312 g/mol. The third-order valence-electron chi connectivity index (χ3n) is 4.35. The van der Waals surface area contributed by atoms with E-state index >= 15 is 0 Å². The van der Waals surface area contributed by atoms with Crippen LogP contribution in [0, 0.1) is 5.41 Å². The first-order valence-electron chi connectivity index (χ1n) is 7.61. The number of hydrogen-bond donors (Lipinski definition) is 2. The summed E-state index contributed by atoms with van der Waals surface area (Å²) in [5, 5.41) is 13.7. The average Bonchev–Trinajstić information content (AvgIpc) is 3.14. The van der Waals surface area contributed by atoms with Crippen molar-refractivity contribution < 1.29 is 14.6 Å². The second kappa shape index (κ2) is 7.33. The molecule has 1 aromatic heterocycles. The Morgan fingerprint density at radius 2 is 2.33 bits per heavy atom. The Labute approximate surface area is 129 Å². The van der Waals surface area contributed by atoms with Crippen LogP contribution in [0.4, 0.5) is 0 Å². The SMILES string of the molecule is CCC(CC)(CNCc1cnc(C2CCCO2)s1)C(=O)O. The number of nitrogens with one attached hydrogen (secondary N) is 1. The van der Waals surface area contributed by atoms with Crippen molar-refractivity contribution >= 4 is 17.3 Å². The van der Waals surface area contributed by atoms with Crippen LogP contribution in [0.1, 0.15) is 55.5 Å². The molecule has 5 nitrogen and oxygen atoms in total. The van der Waals surface area contributed by atoms with Crippen molar-refractivity contribution in [3.8, 4) is 0 Å². The van der Waals surface area contributed by atoms with Crippen molar-refractivity contribution in [2.24, 2.45) is 5.41 Å². The van der Waals surface area contributed by atoms with E-state index in [-0.39, 0.29) is 6.10 Å². The minimum atomic E-state index is -0.718. The largest absolute Gasteiger partial charge is 0.481 e. The Morgan fingerprint density at radius 3 is 2.90 bits per heavy atom. The van der Waals surface area contributed by atoms with E-state index in [9.17, 15) is 9.90 Å². The zero-order chi connectivity index (χ0) is 15.3. The third kappa shape index (κ3) is 3.81. The molecule has 1 aromatic rings. The Balaban J connectivity index is 1.86. The van der Waals surface area contributed by atoms with Crippen molar-refractivity contribution in [2.45, 2.75) is 52.2 Å². The number of ether oxygens (including phenoxy) is 1. The van der Waals surface area contributed by atoms with Crippen LogP contribution in [0.25, 0.3) is 0 Å². The number of nitrogens with zero attached hydrogens (tertiary/aromatic N) is 1. The molecule has 0 aromatic carbocycles. The molecular formula is C15H24N2O3S. The van der Waals surface area contributed by atoms with Gasteiger partial charge in [-0.15, -0.1) is 11.3 Å². The summed E-state index contributed by atoms with van der Waals surface area (Å²) >= 11 is 1.66. The molecular weight excluding hydrogens is 288 g/mol. The first-order valence-corrected chi connectivity index (χ1v) is 8.43. The summed E-state index contributed by atoms with van der Waals surface area (Å²) in [6.07, 6.45) is 5.45. The van der Waals surface area contributed by atoms with E-state index in [1.165, 1.54) is 0 Å². The van der Waals surface area contributed by atoms with Gasteiger partial charge in [0.15, 0.2) is 0 Å². The molecule has 0 saturated carbocycles. The highest BCUT2D eigenvalue weighted by Gasteiger charge is 2.34. The van der Waals surface area contributed by atoms with Gasteiger partial charge in [-0.05, 0) is 25.7 Å². The summed E-state index contributed by atoms with van der Waals surface area (Å²) in [5.74, 6) is -0.718. The maximum atomic E-state index is 11.4.